The van der Waals surface area contributed by atoms with Gasteiger partial charge in [0.15, 0.2) is 0 Å². The third-order valence-corrected chi connectivity index (χ3v) is 2.03. The minimum atomic E-state index is 0.691. The zero-order valence-corrected chi connectivity index (χ0v) is 7.88. The molecule has 1 saturated heterocycles. The van der Waals surface area contributed by atoms with Crippen molar-refractivity contribution in [2.24, 2.45) is 4.99 Å². The van der Waals surface area contributed by atoms with E-state index in [2.05, 4.69) is 35.1 Å². The van der Waals surface area contributed by atoms with Gasteiger partial charge in [0.1, 0.15) is 0 Å². The van der Waals surface area contributed by atoms with E-state index in [0.29, 0.717) is 6.04 Å². The SMILES string of the molecule is C=NCC/C(=C/C)NN1CC1C. The highest BCUT2D eigenvalue weighted by atomic mass is 15.6. The second-order valence-electron chi connectivity index (χ2n) is 3.12. The van der Waals surface area contributed by atoms with Crippen molar-refractivity contribution in [3.8, 4) is 0 Å². The van der Waals surface area contributed by atoms with E-state index in [4.69, 9.17) is 0 Å². The molecule has 0 aromatic rings. The summed E-state index contributed by atoms with van der Waals surface area (Å²) in [5.74, 6) is 0. The van der Waals surface area contributed by atoms with Gasteiger partial charge in [-0.1, -0.05) is 6.08 Å². The number of hydrogen-bond acceptors (Lipinski definition) is 3. The number of nitrogens with one attached hydrogen (secondary N) is 1. The van der Waals surface area contributed by atoms with Crippen molar-refractivity contribution >= 4 is 6.72 Å². The first-order chi connectivity index (χ1) is 5.77. The minimum absolute atomic E-state index is 0.691. The molecule has 3 nitrogen and oxygen atoms in total. The van der Waals surface area contributed by atoms with Crippen LogP contribution in [0.4, 0.5) is 0 Å². The van der Waals surface area contributed by atoms with Gasteiger partial charge >= 0.3 is 0 Å². The third kappa shape index (κ3) is 2.66. The van der Waals surface area contributed by atoms with E-state index in [-0.39, 0.29) is 0 Å². The molecule has 12 heavy (non-hydrogen) atoms. The Morgan fingerprint density at radius 3 is 2.92 bits per heavy atom. The standard InChI is InChI=1S/C9H17N3/c1-4-9(5-6-10-3)11-12-7-8(12)2/h4,8,11H,3,5-7H2,1-2H3/b9-4-. The van der Waals surface area contributed by atoms with Crippen molar-refractivity contribution in [1.82, 2.24) is 10.4 Å². The molecule has 1 aliphatic rings. The van der Waals surface area contributed by atoms with E-state index in [1.165, 1.54) is 5.70 Å². The van der Waals surface area contributed by atoms with Crippen LogP contribution in [-0.2, 0) is 0 Å². The molecule has 0 bridgehead atoms. The molecule has 2 unspecified atom stereocenters. The fourth-order valence-corrected chi connectivity index (χ4v) is 1.04. The Hall–Kier alpha value is -0.830. The van der Waals surface area contributed by atoms with E-state index >= 15 is 0 Å². The molecule has 0 aromatic carbocycles. The van der Waals surface area contributed by atoms with Crippen LogP contribution < -0.4 is 5.43 Å². The maximum absolute atomic E-state index is 3.82. The van der Waals surface area contributed by atoms with Gasteiger partial charge in [0, 0.05) is 31.2 Å². The number of allylic oxidation sites excluding steroid dienone is 1. The minimum Gasteiger partial charge on any atom is -0.323 e. The Balaban J connectivity index is 2.22. The van der Waals surface area contributed by atoms with Crippen molar-refractivity contribution < 1.29 is 0 Å². The summed E-state index contributed by atoms with van der Waals surface area (Å²) in [5, 5.41) is 2.21. The summed E-state index contributed by atoms with van der Waals surface area (Å²) in [6.07, 6.45) is 3.06. The lowest BCUT2D eigenvalue weighted by molar-refractivity contribution is 0.417. The van der Waals surface area contributed by atoms with Gasteiger partial charge in [0.25, 0.3) is 0 Å². The van der Waals surface area contributed by atoms with Crippen LogP contribution >= 0.6 is 0 Å². The van der Waals surface area contributed by atoms with Crippen LogP contribution in [0.1, 0.15) is 20.3 Å². The topological polar surface area (TPSA) is 27.4 Å². The average molecular weight is 167 g/mol. The van der Waals surface area contributed by atoms with Crippen LogP contribution in [0.25, 0.3) is 0 Å². The molecule has 0 saturated carbocycles. The molecule has 68 valence electrons. The number of hydrogen-bond donors (Lipinski definition) is 1. The van der Waals surface area contributed by atoms with Crippen molar-refractivity contribution in [3.63, 3.8) is 0 Å². The van der Waals surface area contributed by atoms with Gasteiger partial charge in [-0.2, -0.15) is 0 Å². The van der Waals surface area contributed by atoms with Crippen LogP contribution in [0, 0.1) is 0 Å². The molecule has 0 aliphatic carbocycles. The van der Waals surface area contributed by atoms with Crippen molar-refractivity contribution in [3.05, 3.63) is 11.8 Å². The first-order valence-electron chi connectivity index (χ1n) is 4.39. The van der Waals surface area contributed by atoms with Crippen LogP contribution in [0.15, 0.2) is 16.8 Å². The van der Waals surface area contributed by atoms with Gasteiger partial charge in [-0.05, 0) is 20.6 Å². The van der Waals surface area contributed by atoms with E-state index in [1.54, 1.807) is 0 Å². The Morgan fingerprint density at radius 1 is 1.83 bits per heavy atom. The highest BCUT2D eigenvalue weighted by Crippen LogP contribution is 2.14. The summed E-state index contributed by atoms with van der Waals surface area (Å²) in [6, 6.07) is 0.691. The molecule has 1 aliphatic heterocycles. The smallest absolute Gasteiger partial charge is 0.0437 e. The van der Waals surface area contributed by atoms with Gasteiger partial charge < -0.3 is 10.4 Å². The molecule has 0 spiro atoms. The summed E-state index contributed by atoms with van der Waals surface area (Å²) in [7, 11) is 0. The molecule has 1 rings (SSSR count). The molecular weight excluding hydrogens is 150 g/mol. The van der Waals surface area contributed by atoms with Crippen molar-refractivity contribution in [1.29, 1.82) is 0 Å². The number of hydrazine groups is 1. The Kier molecular flexibility index (Phi) is 3.29. The molecule has 3 heteroatoms. The van der Waals surface area contributed by atoms with E-state index in [9.17, 15) is 0 Å². The van der Waals surface area contributed by atoms with Gasteiger partial charge in [-0.15, -0.1) is 0 Å². The molecule has 0 radical (unpaired) electrons. The normalized spacial score (nSPS) is 28.3. The number of aliphatic imine (C=N–C) groups is 1. The zero-order valence-electron chi connectivity index (χ0n) is 7.88. The van der Waals surface area contributed by atoms with Crippen LogP contribution in [0.5, 0.6) is 0 Å². The van der Waals surface area contributed by atoms with E-state index < -0.39 is 0 Å². The predicted molar refractivity (Wildman–Crippen MR) is 52.1 cm³/mol. The average Bonchev–Trinajstić information content (AvgIpc) is 2.75. The maximum atomic E-state index is 3.82. The molecule has 2 atom stereocenters. The molecular formula is C9H17N3. The first kappa shape index (κ1) is 9.26. The summed E-state index contributed by atoms with van der Waals surface area (Å²) in [5.41, 5.74) is 4.57. The van der Waals surface area contributed by atoms with E-state index in [0.717, 1.165) is 19.5 Å². The number of rotatable bonds is 5. The lowest BCUT2D eigenvalue weighted by atomic mass is 10.3. The quantitative estimate of drug-likeness (QED) is 0.492. The summed E-state index contributed by atoms with van der Waals surface area (Å²) in [4.78, 5) is 3.82. The summed E-state index contributed by atoms with van der Waals surface area (Å²) in [6.45, 7) is 9.65. The highest BCUT2D eigenvalue weighted by Gasteiger charge is 2.29. The predicted octanol–water partition coefficient (Wildman–Crippen LogP) is 1.19. The van der Waals surface area contributed by atoms with Crippen molar-refractivity contribution in [2.45, 2.75) is 26.3 Å². The summed E-state index contributed by atoms with van der Waals surface area (Å²) >= 11 is 0. The molecule has 0 aromatic heterocycles. The fraction of sp³-hybridized carbons (Fsp3) is 0.667. The Morgan fingerprint density at radius 2 is 2.50 bits per heavy atom. The molecule has 1 heterocycles. The Labute approximate surface area is 74.1 Å². The fourth-order valence-electron chi connectivity index (χ4n) is 1.04. The van der Waals surface area contributed by atoms with Crippen LogP contribution in [0.3, 0.4) is 0 Å². The monoisotopic (exact) mass is 167 g/mol. The molecule has 0 amide bonds. The van der Waals surface area contributed by atoms with Crippen LogP contribution in [-0.4, -0.2) is 30.9 Å². The zero-order chi connectivity index (χ0) is 8.97. The molecule has 1 fully saturated rings. The highest BCUT2D eigenvalue weighted by molar-refractivity contribution is 5.23. The van der Waals surface area contributed by atoms with E-state index in [1.807, 2.05) is 6.92 Å². The summed E-state index contributed by atoms with van der Waals surface area (Å²) < 4.78 is 0. The molecule has 1 N–H and O–H groups in total. The van der Waals surface area contributed by atoms with Gasteiger partial charge in [-0.3, -0.25) is 0 Å². The maximum Gasteiger partial charge on any atom is 0.0437 e. The Bertz CT molecular complexity index is 186. The first-order valence-corrected chi connectivity index (χ1v) is 4.39. The van der Waals surface area contributed by atoms with Gasteiger partial charge in [0.2, 0.25) is 0 Å². The van der Waals surface area contributed by atoms with Crippen molar-refractivity contribution in [2.75, 3.05) is 13.1 Å². The second-order valence-corrected chi connectivity index (χ2v) is 3.12. The van der Waals surface area contributed by atoms with Gasteiger partial charge in [-0.25, -0.2) is 5.01 Å². The number of nitrogens with zero attached hydrogens (tertiary/aromatic N) is 2. The lowest BCUT2D eigenvalue weighted by Crippen LogP contribution is -2.22. The van der Waals surface area contributed by atoms with Crippen LogP contribution in [0.2, 0.25) is 0 Å². The lowest BCUT2D eigenvalue weighted by Gasteiger charge is -2.09. The third-order valence-electron chi connectivity index (χ3n) is 2.03. The second kappa shape index (κ2) is 4.26. The van der Waals surface area contributed by atoms with Gasteiger partial charge in [0.05, 0.1) is 0 Å². The largest absolute Gasteiger partial charge is 0.323 e.